The Hall–Kier alpha value is -0.120. The van der Waals surface area contributed by atoms with Gasteiger partial charge in [0.2, 0.25) is 0 Å². The minimum Gasteiger partial charge on any atom is -0.376 e. The lowest BCUT2D eigenvalue weighted by molar-refractivity contribution is -0.0541. The number of nitrogens with zero attached hydrogens (tertiary/aromatic N) is 1. The quantitative estimate of drug-likeness (QED) is 0.813. The van der Waals surface area contributed by atoms with Gasteiger partial charge in [0.1, 0.15) is 0 Å². The summed E-state index contributed by atoms with van der Waals surface area (Å²) in [6.45, 7) is 8.75. The Bertz CT molecular complexity index is 220. The van der Waals surface area contributed by atoms with E-state index in [9.17, 15) is 0 Å². The van der Waals surface area contributed by atoms with Crippen LogP contribution in [0.2, 0.25) is 0 Å². The molecule has 1 aliphatic carbocycles. The van der Waals surface area contributed by atoms with E-state index >= 15 is 0 Å². The molecule has 0 amide bonds. The van der Waals surface area contributed by atoms with Crippen molar-refractivity contribution < 1.29 is 4.74 Å². The molecule has 1 aliphatic heterocycles. The molecule has 0 radical (unpaired) electrons. The molecule has 3 heteroatoms. The van der Waals surface area contributed by atoms with Gasteiger partial charge in [-0.15, -0.1) is 0 Å². The number of rotatable bonds is 4. The molecule has 0 aromatic heterocycles. The lowest BCUT2D eigenvalue weighted by atomic mass is 9.88. The van der Waals surface area contributed by atoms with Gasteiger partial charge < -0.3 is 10.1 Å². The van der Waals surface area contributed by atoms with E-state index in [-0.39, 0.29) is 0 Å². The zero-order chi connectivity index (χ0) is 12.1. The molecule has 1 saturated heterocycles. The fraction of sp³-hybridized carbons (Fsp3) is 1.00. The second-order valence-electron chi connectivity index (χ2n) is 5.41. The fourth-order valence-corrected chi connectivity index (χ4v) is 3.34. The highest BCUT2D eigenvalue weighted by molar-refractivity contribution is 4.90. The summed E-state index contributed by atoms with van der Waals surface area (Å²) in [6, 6.07) is 1.46. The van der Waals surface area contributed by atoms with Crippen molar-refractivity contribution in [2.75, 3.05) is 26.2 Å². The van der Waals surface area contributed by atoms with Gasteiger partial charge in [-0.2, -0.15) is 0 Å². The molecular formula is C14H28N2O. The van der Waals surface area contributed by atoms with E-state index in [4.69, 9.17) is 4.74 Å². The standard InChI is InChI=1S/C14H28N2O/c1-3-12-11-16(9-10-17-12)14-8-6-5-7-13(14)15-4-2/h12-15H,3-11H2,1-2H3. The van der Waals surface area contributed by atoms with Crippen LogP contribution in [0.15, 0.2) is 0 Å². The summed E-state index contributed by atoms with van der Waals surface area (Å²) in [5.41, 5.74) is 0. The van der Waals surface area contributed by atoms with Crippen LogP contribution in [0.1, 0.15) is 46.0 Å². The Morgan fingerprint density at radius 1 is 1.24 bits per heavy atom. The number of nitrogens with one attached hydrogen (secondary N) is 1. The highest BCUT2D eigenvalue weighted by Crippen LogP contribution is 2.25. The van der Waals surface area contributed by atoms with E-state index in [0.29, 0.717) is 12.1 Å². The van der Waals surface area contributed by atoms with Crippen molar-refractivity contribution in [3.63, 3.8) is 0 Å². The first-order valence-corrected chi connectivity index (χ1v) is 7.44. The third-order valence-corrected chi connectivity index (χ3v) is 4.29. The predicted octanol–water partition coefficient (Wildman–Crippen LogP) is 2.02. The highest BCUT2D eigenvalue weighted by Gasteiger charge is 2.32. The minimum absolute atomic E-state index is 0.466. The lowest BCUT2D eigenvalue weighted by Crippen LogP contribution is -2.56. The van der Waals surface area contributed by atoms with Gasteiger partial charge in [0.05, 0.1) is 12.7 Å². The van der Waals surface area contributed by atoms with Crippen LogP contribution in [0.3, 0.4) is 0 Å². The van der Waals surface area contributed by atoms with Crippen LogP contribution >= 0.6 is 0 Å². The molecule has 0 bridgehead atoms. The Morgan fingerprint density at radius 3 is 2.82 bits per heavy atom. The first-order valence-electron chi connectivity index (χ1n) is 7.44. The second kappa shape index (κ2) is 6.72. The summed E-state index contributed by atoms with van der Waals surface area (Å²) in [7, 11) is 0. The van der Waals surface area contributed by atoms with Crippen molar-refractivity contribution in [3.8, 4) is 0 Å². The third-order valence-electron chi connectivity index (χ3n) is 4.29. The van der Waals surface area contributed by atoms with Crippen molar-refractivity contribution in [1.82, 2.24) is 10.2 Å². The molecule has 1 N–H and O–H groups in total. The van der Waals surface area contributed by atoms with E-state index in [1.165, 1.54) is 25.7 Å². The summed E-state index contributed by atoms with van der Waals surface area (Å²) in [4.78, 5) is 2.68. The summed E-state index contributed by atoms with van der Waals surface area (Å²) < 4.78 is 5.78. The minimum atomic E-state index is 0.466. The van der Waals surface area contributed by atoms with E-state index < -0.39 is 0 Å². The van der Waals surface area contributed by atoms with Crippen molar-refractivity contribution in [2.45, 2.75) is 64.1 Å². The van der Waals surface area contributed by atoms with E-state index in [1.807, 2.05) is 0 Å². The molecule has 100 valence electrons. The molecule has 2 fully saturated rings. The van der Waals surface area contributed by atoms with Crippen molar-refractivity contribution >= 4 is 0 Å². The van der Waals surface area contributed by atoms with Gasteiger partial charge in [-0.05, 0) is 25.8 Å². The van der Waals surface area contributed by atoms with Crippen molar-refractivity contribution in [3.05, 3.63) is 0 Å². The largest absolute Gasteiger partial charge is 0.376 e. The van der Waals surface area contributed by atoms with Gasteiger partial charge in [0.15, 0.2) is 0 Å². The van der Waals surface area contributed by atoms with Crippen molar-refractivity contribution in [2.24, 2.45) is 0 Å². The van der Waals surface area contributed by atoms with Crippen LogP contribution in [0.25, 0.3) is 0 Å². The van der Waals surface area contributed by atoms with Gasteiger partial charge in [-0.1, -0.05) is 26.7 Å². The van der Waals surface area contributed by atoms with Crippen LogP contribution in [-0.2, 0) is 4.74 Å². The molecule has 2 rings (SSSR count). The maximum Gasteiger partial charge on any atom is 0.0700 e. The van der Waals surface area contributed by atoms with E-state index in [2.05, 4.69) is 24.1 Å². The number of likely N-dealkylation sites (N-methyl/N-ethyl adjacent to an activating group) is 1. The summed E-state index contributed by atoms with van der Waals surface area (Å²) in [5, 5.41) is 3.68. The normalized spacial score (nSPS) is 36.0. The maximum absolute atomic E-state index is 5.78. The Morgan fingerprint density at radius 2 is 2.06 bits per heavy atom. The van der Waals surface area contributed by atoms with Crippen LogP contribution in [0, 0.1) is 0 Å². The van der Waals surface area contributed by atoms with Crippen LogP contribution in [0.5, 0.6) is 0 Å². The fourth-order valence-electron chi connectivity index (χ4n) is 3.34. The van der Waals surface area contributed by atoms with E-state index in [1.54, 1.807) is 0 Å². The Balaban J connectivity index is 1.92. The molecule has 0 aromatic rings. The van der Waals surface area contributed by atoms with Crippen molar-refractivity contribution in [1.29, 1.82) is 0 Å². The van der Waals surface area contributed by atoms with E-state index in [0.717, 1.165) is 38.7 Å². The van der Waals surface area contributed by atoms with Crippen LogP contribution < -0.4 is 5.32 Å². The molecule has 3 atom stereocenters. The molecule has 0 aromatic carbocycles. The third kappa shape index (κ3) is 3.43. The van der Waals surface area contributed by atoms with Gasteiger partial charge in [-0.25, -0.2) is 0 Å². The average Bonchev–Trinajstić information content (AvgIpc) is 2.40. The molecule has 3 unspecified atom stereocenters. The average molecular weight is 240 g/mol. The maximum atomic E-state index is 5.78. The van der Waals surface area contributed by atoms with Crippen LogP contribution in [0.4, 0.5) is 0 Å². The first-order chi connectivity index (χ1) is 8.35. The Kier molecular flexibility index (Phi) is 5.26. The predicted molar refractivity (Wildman–Crippen MR) is 71.3 cm³/mol. The zero-order valence-electron chi connectivity index (χ0n) is 11.5. The van der Waals surface area contributed by atoms with Crippen LogP contribution in [-0.4, -0.2) is 49.3 Å². The monoisotopic (exact) mass is 240 g/mol. The summed E-state index contributed by atoms with van der Waals surface area (Å²) >= 11 is 0. The highest BCUT2D eigenvalue weighted by atomic mass is 16.5. The number of hydrogen-bond acceptors (Lipinski definition) is 3. The molecule has 0 spiro atoms. The van der Waals surface area contributed by atoms with Gasteiger partial charge in [0, 0.05) is 25.2 Å². The SMILES string of the molecule is CCNC1CCCCC1N1CCOC(CC)C1. The smallest absolute Gasteiger partial charge is 0.0700 e. The molecule has 2 aliphatic rings. The number of hydrogen-bond donors (Lipinski definition) is 1. The molecule has 1 saturated carbocycles. The zero-order valence-corrected chi connectivity index (χ0v) is 11.5. The molecular weight excluding hydrogens is 212 g/mol. The van der Waals surface area contributed by atoms with Gasteiger partial charge >= 0.3 is 0 Å². The topological polar surface area (TPSA) is 24.5 Å². The molecule has 17 heavy (non-hydrogen) atoms. The summed E-state index contributed by atoms with van der Waals surface area (Å²) in [6.07, 6.45) is 7.14. The lowest BCUT2D eigenvalue weighted by Gasteiger charge is -2.44. The van der Waals surface area contributed by atoms with Gasteiger partial charge in [0.25, 0.3) is 0 Å². The second-order valence-corrected chi connectivity index (χ2v) is 5.41. The summed E-state index contributed by atoms with van der Waals surface area (Å²) in [5.74, 6) is 0. The molecule has 1 heterocycles. The Labute approximate surface area is 106 Å². The molecule has 3 nitrogen and oxygen atoms in total. The first kappa shape index (κ1) is 13.3. The number of ether oxygens (including phenoxy) is 1. The number of morpholine rings is 1. The van der Waals surface area contributed by atoms with Gasteiger partial charge in [-0.3, -0.25) is 4.90 Å².